The molecular formula is C23H23ClF3N3O4S. The maximum Gasteiger partial charge on any atom is 0.416 e. The summed E-state index contributed by atoms with van der Waals surface area (Å²) in [6.45, 7) is 4.57. The van der Waals surface area contributed by atoms with Crippen LogP contribution in [-0.4, -0.2) is 48.5 Å². The monoisotopic (exact) mass is 529 g/mol. The number of aromatic nitrogens is 1. The van der Waals surface area contributed by atoms with E-state index in [4.69, 9.17) is 11.6 Å². The van der Waals surface area contributed by atoms with Gasteiger partial charge in [0.25, 0.3) is 0 Å². The van der Waals surface area contributed by atoms with Crippen molar-refractivity contribution in [2.24, 2.45) is 0 Å². The van der Waals surface area contributed by atoms with Gasteiger partial charge in [-0.25, -0.2) is 8.42 Å². The Morgan fingerprint density at radius 1 is 1.09 bits per heavy atom. The molecule has 1 aromatic heterocycles. The van der Waals surface area contributed by atoms with Gasteiger partial charge in [0.05, 0.1) is 21.2 Å². The lowest BCUT2D eigenvalue weighted by Gasteiger charge is -2.19. The van der Waals surface area contributed by atoms with E-state index in [1.807, 2.05) is 13.8 Å². The molecule has 35 heavy (non-hydrogen) atoms. The van der Waals surface area contributed by atoms with Crippen molar-refractivity contribution in [1.29, 1.82) is 0 Å². The van der Waals surface area contributed by atoms with Crippen molar-refractivity contribution in [1.82, 2.24) is 9.47 Å². The number of sulfone groups is 1. The molecule has 0 unspecified atom stereocenters. The zero-order valence-corrected chi connectivity index (χ0v) is 20.5. The highest BCUT2D eigenvalue weighted by Crippen LogP contribution is 2.34. The van der Waals surface area contributed by atoms with Crippen molar-refractivity contribution < 1.29 is 31.2 Å². The lowest BCUT2D eigenvalue weighted by atomic mass is 10.2. The molecule has 2 aromatic carbocycles. The Morgan fingerprint density at radius 2 is 1.74 bits per heavy atom. The number of carbonyl (C=O) groups excluding carboxylic acids is 2. The predicted molar refractivity (Wildman–Crippen MR) is 127 cm³/mol. The molecule has 0 saturated heterocycles. The van der Waals surface area contributed by atoms with Crippen LogP contribution in [0.5, 0.6) is 0 Å². The van der Waals surface area contributed by atoms with E-state index in [0.29, 0.717) is 30.1 Å². The van der Waals surface area contributed by atoms with Crippen LogP contribution >= 0.6 is 11.6 Å². The number of anilines is 1. The van der Waals surface area contributed by atoms with E-state index >= 15 is 0 Å². The molecule has 0 spiro atoms. The number of rotatable bonds is 8. The van der Waals surface area contributed by atoms with Crippen LogP contribution in [-0.2, 0) is 32.1 Å². The smallest absolute Gasteiger partial charge is 0.342 e. The fraction of sp³-hybridized carbons (Fsp3) is 0.304. The number of nitrogens with one attached hydrogen (secondary N) is 1. The van der Waals surface area contributed by atoms with Gasteiger partial charge in [0.1, 0.15) is 12.3 Å². The van der Waals surface area contributed by atoms with Gasteiger partial charge < -0.3 is 14.8 Å². The second-order valence-corrected chi connectivity index (χ2v) is 10.1. The number of amides is 2. The van der Waals surface area contributed by atoms with Gasteiger partial charge in [0, 0.05) is 30.2 Å². The number of hydrogen-bond donors (Lipinski definition) is 1. The van der Waals surface area contributed by atoms with E-state index in [2.05, 4.69) is 5.32 Å². The predicted octanol–water partition coefficient (Wildman–Crippen LogP) is 4.59. The Labute approximate surface area is 205 Å². The third kappa shape index (κ3) is 5.96. The van der Waals surface area contributed by atoms with Crippen molar-refractivity contribution in [3.8, 4) is 0 Å². The Hall–Kier alpha value is -3.05. The number of carbonyl (C=O) groups is 2. The van der Waals surface area contributed by atoms with Crippen LogP contribution in [0.4, 0.5) is 18.9 Å². The summed E-state index contributed by atoms with van der Waals surface area (Å²) >= 11 is 5.89. The van der Waals surface area contributed by atoms with E-state index in [1.165, 1.54) is 10.8 Å². The van der Waals surface area contributed by atoms with Gasteiger partial charge >= 0.3 is 6.18 Å². The normalized spacial score (nSPS) is 12.1. The highest BCUT2D eigenvalue weighted by atomic mass is 35.5. The van der Waals surface area contributed by atoms with Gasteiger partial charge in [0.2, 0.25) is 11.8 Å². The van der Waals surface area contributed by atoms with Gasteiger partial charge in [-0.15, -0.1) is 0 Å². The number of hydrogen-bond acceptors (Lipinski definition) is 4. The number of para-hydroxylation sites is 1. The summed E-state index contributed by atoms with van der Waals surface area (Å²) in [4.78, 5) is 26.5. The molecule has 0 saturated carbocycles. The summed E-state index contributed by atoms with van der Waals surface area (Å²) < 4.78 is 66.7. The summed E-state index contributed by atoms with van der Waals surface area (Å²) in [5.74, 6) is -2.28. The van der Waals surface area contributed by atoms with Crippen LogP contribution in [0.15, 0.2) is 53.6 Å². The van der Waals surface area contributed by atoms with Crippen LogP contribution < -0.4 is 5.32 Å². The van der Waals surface area contributed by atoms with Crippen LogP contribution in [0.1, 0.15) is 19.4 Å². The molecule has 2 amide bonds. The topological polar surface area (TPSA) is 88.5 Å². The SMILES string of the molecule is CCN(CC)C(=O)Cn1cc(S(=O)(=O)CC(=O)Nc2cc(C(F)(F)F)ccc2Cl)c2ccccc21. The van der Waals surface area contributed by atoms with Gasteiger partial charge in [-0.3, -0.25) is 9.59 Å². The molecular weight excluding hydrogens is 507 g/mol. The summed E-state index contributed by atoms with van der Waals surface area (Å²) in [6, 6.07) is 8.89. The van der Waals surface area contributed by atoms with E-state index in [1.54, 1.807) is 29.2 Å². The quantitative estimate of drug-likeness (QED) is 0.462. The maximum absolute atomic E-state index is 13.1. The minimum Gasteiger partial charge on any atom is -0.342 e. The first-order chi connectivity index (χ1) is 16.4. The third-order valence-electron chi connectivity index (χ3n) is 5.40. The van der Waals surface area contributed by atoms with E-state index < -0.39 is 33.2 Å². The first-order valence-electron chi connectivity index (χ1n) is 10.6. The number of halogens is 4. The van der Waals surface area contributed by atoms with E-state index in [9.17, 15) is 31.2 Å². The van der Waals surface area contributed by atoms with E-state index in [-0.39, 0.29) is 28.1 Å². The van der Waals surface area contributed by atoms with Crippen LogP contribution in [0, 0.1) is 0 Å². The van der Waals surface area contributed by atoms with Crippen LogP contribution in [0.2, 0.25) is 5.02 Å². The highest BCUT2D eigenvalue weighted by Gasteiger charge is 2.31. The molecule has 0 bridgehead atoms. The first kappa shape index (κ1) is 26.6. The van der Waals surface area contributed by atoms with Gasteiger partial charge in [-0.2, -0.15) is 13.2 Å². The largest absolute Gasteiger partial charge is 0.416 e. The number of alkyl halides is 3. The zero-order valence-electron chi connectivity index (χ0n) is 18.9. The molecule has 3 rings (SSSR count). The number of fused-ring (bicyclic) bond motifs is 1. The second-order valence-electron chi connectivity index (χ2n) is 7.70. The molecule has 1 N–H and O–H groups in total. The molecule has 12 heteroatoms. The molecule has 0 atom stereocenters. The lowest BCUT2D eigenvalue weighted by Crippen LogP contribution is -2.33. The molecule has 3 aromatic rings. The maximum atomic E-state index is 13.1. The van der Waals surface area contributed by atoms with Crippen LogP contribution in [0.25, 0.3) is 10.9 Å². The van der Waals surface area contributed by atoms with Crippen LogP contribution in [0.3, 0.4) is 0 Å². The molecule has 0 radical (unpaired) electrons. The molecule has 0 fully saturated rings. The Kier molecular flexibility index (Phi) is 7.80. The number of nitrogens with zero attached hydrogens (tertiary/aromatic N) is 2. The van der Waals surface area contributed by atoms with E-state index in [0.717, 1.165) is 12.1 Å². The molecule has 188 valence electrons. The zero-order chi connectivity index (χ0) is 26.0. The Bertz CT molecular complexity index is 1370. The first-order valence-corrected chi connectivity index (χ1v) is 12.7. The van der Waals surface area contributed by atoms with Gasteiger partial charge in [0.15, 0.2) is 9.84 Å². The number of benzene rings is 2. The molecule has 1 heterocycles. The van der Waals surface area contributed by atoms with Gasteiger partial charge in [-0.1, -0.05) is 29.8 Å². The van der Waals surface area contributed by atoms with Gasteiger partial charge in [-0.05, 0) is 38.1 Å². The number of likely N-dealkylation sites (N-methyl/N-ethyl adjacent to an activating group) is 1. The van der Waals surface area contributed by atoms with Crippen molar-refractivity contribution in [3.63, 3.8) is 0 Å². The van der Waals surface area contributed by atoms with Crippen molar-refractivity contribution in [2.75, 3.05) is 24.2 Å². The summed E-state index contributed by atoms with van der Waals surface area (Å²) in [5, 5.41) is 2.30. The third-order valence-corrected chi connectivity index (χ3v) is 7.36. The Balaban J connectivity index is 1.89. The summed E-state index contributed by atoms with van der Waals surface area (Å²) in [6.07, 6.45) is -3.37. The second kappa shape index (κ2) is 10.3. The minimum atomic E-state index is -4.67. The summed E-state index contributed by atoms with van der Waals surface area (Å²) in [5.41, 5.74) is -0.900. The molecule has 0 aliphatic rings. The fourth-order valence-corrected chi connectivity index (χ4v) is 5.18. The fourth-order valence-electron chi connectivity index (χ4n) is 3.65. The average Bonchev–Trinajstić information content (AvgIpc) is 3.14. The summed E-state index contributed by atoms with van der Waals surface area (Å²) in [7, 11) is -4.23. The molecule has 0 aliphatic heterocycles. The molecule has 7 nitrogen and oxygen atoms in total. The average molecular weight is 530 g/mol. The molecule has 0 aliphatic carbocycles. The highest BCUT2D eigenvalue weighted by molar-refractivity contribution is 7.92. The van der Waals surface area contributed by atoms with Crippen molar-refractivity contribution in [2.45, 2.75) is 31.5 Å². The lowest BCUT2D eigenvalue weighted by molar-refractivity contribution is -0.137. The van der Waals surface area contributed by atoms with Crippen molar-refractivity contribution >= 4 is 49.8 Å². The standard InChI is InChI=1S/C23H23ClF3N3O4S/c1-3-29(4-2)22(32)13-30-12-20(16-7-5-6-8-19(16)30)35(33,34)14-21(31)28-18-11-15(23(25,26)27)9-10-17(18)24/h5-12H,3-4,13-14H2,1-2H3,(H,28,31). The van der Waals surface area contributed by atoms with Crippen molar-refractivity contribution in [3.05, 3.63) is 59.2 Å². The Morgan fingerprint density at radius 3 is 2.37 bits per heavy atom. The minimum absolute atomic E-state index is 0.0935.